The minimum absolute atomic E-state index is 0.0700. The van der Waals surface area contributed by atoms with E-state index >= 15 is 0 Å². The molecule has 1 aromatic rings. The number of unbranched alkanes of at least 4 members (excludes halogenated alkanes) is 2. The van der Waals surface area contributed by atoms with Crippen LogP contribution in [0.1, 0.15) is 38.7 Å². The Morgan fingerprint density at radius 3 is 2.44 bits per heavy atom. The van der Waals surface area contributed by atoms with Crippen LogP contribution in [0.5, 0.6) is 5.75 Å². The van der Waals surface area contributed by atoms with E-state index < -0.39 is 0 Å². The highest BCUT2D eigenvalue weighted by Gasteiger charge is 1.99. The molecule has 5 nitrogen and oxygen atoms in total. The predicted octanol–water partition coefficient (Wildman–Crippen LogP) is 3.39. The monoisotopic (exact) mass is 345 g/mol. The molecule has 25 heavy (non-hydrogen) atoms. The average Bonchev–Trinajstić information content (AvgIpc) is 2.62. The molecule has 1 unspecified atom stereocenters. The lowest BCUT2D eigenvalue weighted by Crippen LogP contribution is -2.10. The van der Waals surface area contributed by atoms with Gasteiger partial charge in [-0.15, -0.1) is 0 Å². The molecular formula is C20H31N3O2. The Bertz CT molecular complexity index is 565. The number of hydrogen-bond donors (Lipinski definition) is 3. The van der Waals surface area contributed by atoms with Gasteiger partial charge in [0, 0.05) is 18.7 Å². The fraction of sp³-hybridized carbons (Fsp3) is 0.450. The van der Waals surface area contributed by atoms with Crippen molar-refractivity contribution in [3.8, 4) is 5.75 Å². The van der Waals surface area contributed by atoms with Crippen molar-refractivity contribution in [2.24, 2.45) is 11.5 Å². The first-order valence-corrected chi connectivity index (χ1v) is 8.79. The first-order valence-electron chi connectivity index (χ1n) is 8.79. The summed E-state index contributed by atoms with van der Waals surface area (Å²) < 4.78 is 11.4. The fourth-order valence-electron chi connectivity index (χ4n) is 2.17. The fourth-order valence-corrected chi connectivity index (χ4v) is 2.17. The van der Waals surface area contributed by atoms with Gasteiger partial charge in [0.1, 0.15) is 11.6 Å². The summed E-state index contributed by atoms with van der Waals surface area (Å²) in [4.78, 5) is 0. The van der Waals surface area contributed by atoms with Gasteiger partial charge in [-0.25, -0.2) is 0 Å². The van der Waals surface area contributed by atoms with Crippen molar-refractivity contribution in [2.45, 2.75) is 39.2 Å². The maximum Gasteiger partial charge on any atom is 0.122 e. The van der Waals surface area contributed by atoms with E-state index in [9.17, 15) is 0 Å². The van der Waals surface area contributed by atoms with E-state index in [0.717, 1.165) is 37.2 Å². The van der Waals surface area contributed by atoms with Gasteiger partial charge in [-0.3, -0.25) is 5.41 Å². The average molecular weight is 345 g/mol. The minimum Gasteiger partial charge on any atom is -0.494 e. The highest BCUT2D eigenvalue weighted by molar-refractivity contribution is 5.94. The second-order valence-corrected chi connectivity index (χ2v) is 5.85. The Morgan fingerprint density at radius 1 is 1.16 bits per heavy atom. The van der Waals surface area contributed by atoms with Gasteiger partial charge in [0.05, 0.1) is 12.7 Å². The largest absolute Gasteiger partial charge is 0.494 e. The van der Waals surface area contributed by atoms with Gasteiger partial charge in [-0.2, -0.15) is 0 Å². The summed E-state index contributed by atoms with van der Waals surface area (Å²) in [6.07, 6.45) is 9.22. The normalized spacial score (nSPS) is 13.2. The minimum atomic E-state index is 0.0700. The van der Waals surface area contributed by atoms with Crippen molar-refractivity contribution in [1.29, 1.82) is 5.41 Å². The number of ether oxygens (including phenoxy) is 2. The lowest BCUT2D eigenvalue weighted by molar-refractivity contribution is 0.0932. The Labute approximate surface area is 151 Å². The van der Waals surface area contributed by atoms with Crippen LogP contribution >= 0.6 is 0 Å². The summed E-state index contributed by atoms with van der Waals surface area (Å²) in [6, 6.07) is 7.27. The van der Waals surface area contributed by atoms with Crippen molar-refractivity contribution in [3.63, 3.8) is 0 Å². The third kappa shape index (κ3) is 9.08. The molecule has 5 N–H and O–H groups in total. The molecular weight excluding hydrogens is 314 g/mol. The number of amidine groups is 1. The maximum absolute atomic E-state index is 7.35. The van der Waals surface area contributed by atoms with Crippen molar-refractivity contribution in [1.82, 2.24) is 0 Å². The standard InChI is InChI=1S/C20H31N3O2/c1-3-17(15-21)8-7-16(2)24-13-5-4-6-14-25-19-11-9-18(10-12-19)20(22)23/h3,7-12,16H,4-6,13-15,21H2,1-2H3,(H3,22,23)/b8-7-,17-3+. The van der Waals surface area contributed by atoms with Gasteiger partial charge in [0.2, 0.25) is 0 Å². The van der Waals surface area contributed by atoms with Gasteiger partial charge in [0.15, 0.2) is 0 Å². The van der Waals surface area contributed by atoms with Crippen molar-refractivity contribution in [3.05, 3.63) is 53.6 Å². The molecule has 0 radical (unpaired) electrons. The zero-order valence-corrected chi connectivity index (χ0v) is 15.3. The third-order valence-electron chi connectivity index (χ3n) is 3.79. The van der Waals surface area contributed by atoms with E-state index in [1.165, 1.54) is 0 Å². The van der Waals surface area contributed by atoms with E-state index in [-0.39, 0.29) is 11.9 Å². The smallest absolute Gasteiger partial charge is 0.122 e. The van der Waals surface area contributed by atoms with E-state index in [0.29, 0.717) is 18.7 Å². The van der Waals surface area contributed by atoms with Gasteiger partial charge < -0.3 is 20.9 Å². The summed E-state index contributed by atoms with van der Waals surface area (Å²) in [5, 5.41) is 7.35. The van der Waals surface area contributed by atoms with E-state index in [4.69, 9.17) is 26.4 Å². The zero-order valence-electron chi connectivity index (χ0n) is 15.3. The summed E-state index contributed by atoms with van der Waals surface area (Å²) in [5.74, 6) is 0.875. The van der Waals surface area contributed by atoms with Crippen molar-refractivity contribution >= 4 is 5.84 Å². The summed E-state index contributed by atoms with van der Waals surface area (Å²) >= 11 is 0. The second kappa shape index (κ2) is 12.3. The molecule has 5 heteroatoms. The topological polar surface area (TPSA) is 94.3 Å². The summed E-state index contributed by atoms with van der Waals surface area (Å²) in [7, 11) is 0. The molecule has 0 aromatic heterocycles. The maximum atomic E-state index is 7.35. The van der Waals surface area contributed by atoms with Gasteiger partial charge in [0.25, 0.3) is 0 Å². The third-order valence-corrected chi connectivity index (χ3v) is 3.79. The number of hydrogen-bond acceptors (Lipinski definition) is 4. The van der Waals surface area contributed by atoms with E-state index in [1.807, 2.05) is 44.2 Å². The van der Waals surface area contributed by atoms with E-state index in [2.05, 4.69) is 0 Å². The van der Waals surface area contributed by atoms with Crippen LogP contribution in [-0.2, 0) is 4.74 Å². The van der Waals surface area contributed by atoms with Gasteiger partial charge >= 0.3 is 0 Å². The molecule has 1 rings (SSSR count). The predicted molar refractivity (Wildman–Crippen MR) is 104 cm³/mol. The molecule has 1 aromatic carbocycles. The number of allylic oxidation sites excluding steroid dienone is 1. The summed E-state index contributed by atoms with van der Waals surface area (Å²) in [6.45, 7) is 5.99. The van der Waals surface area contributed by atoms with Crippen LogP contribution in [0.15, 0.2) is 48.1 Å². The number of nitrogens with one attached hydrogen (secondary N) is 1. The molecule has 0 saturated carbocycles. The van der Waals surface area contributed by atoms with Crippen LogP contribution < -0.4 is 16.2 Å². The first-order chi connectivity index (χ1) is 12.1. The molecule has 0 saturated heterocycles. The lowest BCUT2D eigenvalue weighted by atomic mass is 10.2. The first kappa shape index (κ1) is 20.9. The molecule has 0 spiro atoms. The van der Waals surface area contributed by atoms with Crippen molar-refractivity contribution in [2.75, 3.05) is 19.8 Å². The summed E-state index contributed by atoms with van der Waals surface area (Å²) in [5.41, 5.74) is 12.9. The van der Waals surface area contributed by atoms with Crippen LogP contribution in [-0.4, -0.2) is 31.7 Å². The molecule has 138 valence electrons. The number of nitrogen functional groups attached to an aromatic ring is 1. The highest BCUT2D eigenvalue weighted by atomic mass is 16.5. The SMILES string of the molecule is C/C=C(\C=C/C(C)OCCCCCOc1ccc(C(=N)N)cc1)CN. The Kier molecular flexibility index (Phi) is 10.3. The molecule has 0 heterocycles. The Hall–Kier alpha value is -2.11. The van der Waals surface area contributed by atoms with Crippen LogP contribution in [0, 0.1) is 5.41 Å². The van der Waals surface area contributed by atoms with Crippen LogP contribution in [0.25, 0.3) is 0 Å². The second-order valence-electron chi connectivity index (χ2n) is 5.85. The number of benzene rings is 1. The van der Waals surface area contributed by atoms with Crippen LogP contribution in [0.2, 0.25) is 0 Å². The lowest BCUT2D eigenvalue weighted by Gasteiger charge is -2.10. The number of nitrogens with two attached hydrogens (primary N) is 2. The molecule has 0 aliphatic rings. The van der Waals surface area contributed by atoms with E-state index in [1.54, 1.807) is 12.1 Å². The Balaban J connectivity index is 2.09. The van der Waals surface area contributed by atoms with Crippen LogP contribution in [0.4, 0.5) is 0 Å². The molecule has 0 bridgehead atoms. The van der Waals surface area contributed by atoms with Crippen molar-refractivity contribution < 1.29 is 9.47 Å². The highest BCUT2D eigenvalue weighted by Crippen LogP contribution is 2.12. The van der Waals surface area contributed by atoms with Crippen LogP contribution in [0.3, 0.4) is 0 Å². The number of rotatable bonds is 12. The molecule has 0 fully saturated rings. The van der Waals surface area contributed by atoms with Gasteiger partial charge in [-0.1, -0.05) is 18.2 Å². The molecule has 0 aliphatic heterocycles. The Morgan fingerprint density at radius 2 is 1.84 bits per heavy atom. The zero-order chi connectivity index (χ0) is 18.5. The molecule has 0 amide bonds. The molecule has 1 atom stereocenters. The van der Waals surface area contributed by atoms with Gasteiger partial charge in [-0.05, 0) is 62.9 Å². The quantitative estimate of drug-likeness (QED) is 0.234. The molecule has 0 aliphatic carbocycles.